The van der Waals surface area contributed by atoms with Gasteiger partial charge in [-0.15, -0.1) is 0 Å². The molecule has 2 amide bonds. The number of sulfonamides is 1. The fraction of sp³-hybridized carbons (Fsp3) is 0.375. The van der Waals surface area contributed by atoms with Crippen LogP contribution in [0.4, 0.5) is 5.69 Å². The lowest BCUT2D eigenvalue weighted by Crippen LogP contribution is -2.53. The molecule has 1 unspecified atom stereocenters. The third kappa shape index (κ3) is 7.46. The van der Waals surface area contributed by atoms with Crippen LogP contribution in [-0.2, 0) is 26.2 Å². The summed E-state index contributed by atoms with van der Waals surface area (Å²) in [7, 11) is -4.13. The normalized spacial score (nSPS) is 14.4. The van der Waals surface area contributed by atoms with E-state index in [1.54, 1.807) is 42.5 Å². The third-order valence-corrected chi connectivity index (χ3v) is 10.2. The molecule has 0 aliphatic heterocycles. The molecule has 3 aromatic rings. The molecule has 1 saturated carbocycles. The number of halogens is 2. The van der Waals surface area contributed by atoms with Crippen molar-refractivity contribution in [1.82, 2.24) is 10.2 Å². The molecule has 1 N–H and O–H groups in total. The molecule has 0 radical (unpaired) electrons. The fourth-order valence-corrected chi connectivity index (χ4v) is 7.16. The molecule has 4 rings (SSSR count). The number of amides is 2. The highest BCUT2D eigenvalue weighted by molar-refractivity contribution is 7.92. The maximum Gasteiger partial charge on any atom is 0.264 e. The number of anilines is 1. The summed E-state index contributed by atoms with van der Waals surface area (Å²) < 4.78 is 29.2. The van der Waals surface area contributed by atoms with Gasteiger partial charge in [-0.2, -0.15) is 0 Å². The smallest absolute Gasteiger partial charge is 0.264 e. The number of hydrogen-bond acceptors (Lipinski definition) is 4. The minimum absolute atomic E-state index is 0.0539. The summed E-state index contributed by atoms with van der Waals surface area (Å²) in [4.78, 5) is 29.4. The Morgan fingerprint density at radius 2 is 1.64 bits per heavy atom. The highest BCUT2D eigenvalue weighted by Crippen LogP contribution is 2.29. The minimum atomic E-state index is -4.13. The van der Waals surface area contributed by atoms with Crippen molar-refractivity contribution >= 4 is 50.7 Å². The van der Waals surface area contributed by atoms with Gasteiger partial charge in [-0.25, -0.2) is 8.42 Å². The number of aryl methyl sites for hydroxylation is 2. The summed E-state index contributed by atoms with van der Waals surface area (Å²) >= 11 is 12.4. The topological polar surface area (TPSA) is 86.8 Å². The predicted octanol–water partition coefficient (Wildman–Crippen LogP) is 6.67. The molecule has 224 valence electrons. The molecule has 0 heterocycles. The van der Waals surface area contributed by atoms with Gasteiger partial charge in [0.1, 0.15) is 12.6 Å². The average molecular weight is 631 g/mol. The highest BCUT2D eigenvalue weighted by Gasteiger charge is 2.35. The first kappa shape index (κ1) is 31.9. The lowest BCUT2D eigenvalue weighted by atomic mass is 10.1. The summed E-state index contributed by atoms with van der Waals surface area (Å²) in [6, 6.07) is 17.8. The summed E-state index contributed by atoms with van der Waals surface area (Å²) in [5.74, 6) is -0.753. The Morgan fingerprint density at radius 3 is 2.29 bits per heavy atom. The molecule has 0 bridgehead atoms. The van der Waals surface area contributed by atoms with E-state index >= 15 is 0 Å². The van der Waals surface area contributed by atoms with Gasteiger partial charge in [0.25, 0.3) is 10.0 Å². The predicted molar refractivity (Wildman–Crippen MR) is 168 cm³/mol. The first-order chi connectivity index (χ1) is 20.0. The van der Waals surface area contributed by atoms with Crippen molar-refractivity contribution in [3.05, 3.63) is 93.5 Å². The van der Waals surface area contributed by atoms with Crippen LogP contribution in [0, 0.1) is 13.8 Å². The van der Waals surface area contributed by atoms with Crippen molar-refractivity contribution in [3.8, 4) is 0 Å². The lowest BCUT2D eigenvalue weighted by Gasteiger charge is -2.34. The van der Waals surface area contributed by atoms with E-state index in [2.05, 4.69) is 5.32 Å². The van der Waals surface area contributed by atoms with Gasteiger partial charge in [0.15, 0.2) is 0 Å². The zero-order valence-corrected chi connectivity index (χ0v) is 26.5. The number of carbonyl (C=O) groups is 2. The van der Waals surface area contributed by atoms with Gasteiger partial charge in [0, 0.05) is 12.6 Å². The van der Waals surface area contributed by atoms with E-state index in [4.69, 9.17) is 23.2 Å². The molecule has 0 aromatic heterocycles. The fourth-order valence-electron chi connectivity index (χ4n) is 5.34. The number of hydrogen-bond donors (Lipinski definition) is 1. The maximum atomic E-state index is 14.3. The first-order valence-corrected chi connectivity index (χ1v) is 16.4. The standard InChI is InChI=1S/C32H37Cl2N3O4S/c1-4-29(32(39)35-25-10-8-9-11-25)36(20-24-16-17-27(33)28(34)19-24)31(38)21-37(30-18-22(2)14-15-23(30)3)42(40,41)26-12-6-5-7-13-26/h5-7,12-19,25,29H,4,8-11,20-21H2,1-3H3,(H,35,39). The van der Waals surface area contributed by atoms with Crippen molar-refractivity contribution in [3.63, 3.8) is 0 Å². The number of rotatable bonds is 11. The Balaban J connectivity index is 1.75. The maximum absolute atomic E-state index is 14.3. The van der Waals surface area contributed by atoms with E-state index in [1.807, 2.05) is 32.9 Å². The van der Waals surface area contributed by atoms with Crippen molar-refractivity contribution in [2.24, 2.45) is 0 Å². The molecular formula is C32H37Cl2N3O4S. The molecule has 1 aliphatic rings. The molecule has 0 spiro atoms. The molecule has 42 heavy (non-hydrogen) atoms. The van der Waals surface area contributed by atoms with Gasteiger partial charge in [-0.3, -0.25) is 13.9 Å². The second-order valence-corrected chi connectivity index (χ2v) is 13.5. The van der Waals surface area contributed by atoms with E-state index in [9.17, 15) is 18.0 Å². The second-order valence-electron chi connectivity index (χ2n) is 10.8. The molecule has 10 heteroatoms. The van der Waals surface area contributed by atoms with Crippen LogP contribution in [-0.4, -0.2) is 43.8 Å². The molecule has 7 nitrogen and oxygen atoms in total. The van der Waals surface area contributed by atoms with E-state index in [0.29, 0.717) is 33.3 Å². The molecule has 1 atom stereocenters. The number of carbonyl (C=O) groups excluding carboxylic acids is 2. The zero-order chi connectivity index (χ0) is 30.4. The van der Waals surface area contributed by atoms with Gasteiger partial charge in [-0.1, -0.05) is 79.4 Å². The van der Waals surface area contributed by atoms with Crippen molar-refractivity contribution in [1.29, 1.82) is 0 Å². The van der Waals surface area contributed by atoms with Gasteiger partial charge < -0.3 is 10.2 Å². The van der Waals surface area contributed by atoms with E-state index < -0.39 is 28.5 Å². The Bertz CT molecular complexity index is 1530. The monoisotopic (exact) mass is 629 g/mol. The quantitative estimate of drug-likeness (QED) is 0.256. The van der Waals surface area contributed by atoms with Crippen LogP contribution in [0.1, 0.15) is 55.7 Å². The summed E-state index contributed by atoms with van der Waals surface area (Å²) in [5.41, 5.74) is 2.64. The average Bonchev–Trinajstić information content (AvgIpc) is 3.48. The first-order valence-electron chi connectivity index (χ1n) is 14.2. The van der Waals surface area contributed by atoms with Crippen molar-refractivity contribution in [2.45, 2.75) is 76.4 Å². The van der Waals surface area contributed by atoms with Crippen LogP contribution >= 0.6 is 23.2 Å². The molecule has 3 aromatic carbocycles. The SMILES string of the molecule is CCC(C(=O)NC1CCCC1)N(Cc1ccc(Cl)c(Cl)c1)C(=O)CN(c1cc(C)ccc1C)S(=O)(=O)c1ccccc1. The third-order valence-electron chi connectivity index (χ3n) is 7.67. The Morgan fingerprint density at radius 1 is 0.952 bits per heavy atom. The van der Waals surface area contributed by atoms with Gasteiger partial charge in [0.2, 0.25) is 11.8 Å². The van der Waals surface area contributed by atoms with Gasteiger partial charge in [-0.05, 0) is 80.1 Å². The van der Waals surface area contributed by atoms with E-state index in [1.165, 1.54) is 17.0 Å². The van der Waals surface area contributed by atoms with Gasteiger partial charge >= 0.3 is 0 Å². The van der Waals surface area contributed by atoms with Crippen LogP contribution in [0.3, 0.4) is 0 Å². The van der Waals surface area contributed by atoms with Crippen LogP contribution in [0.2, 0.25) is 10.0 Å². The molecular weight excluding hydrogens is 593 g/mol. The van der Waals surface area contributed by atoms with E-state index in [-0.39, 0.29) is 23.4 Å². The zero-order valence-electron chi connectivity index (χ0n) is 24.1. The van der Waals surface area contributed by atoms with Crippen molar-refractivity contribution < 1.29 is 18.0 Å². The number of nitrogens with zero attached hydrogens (tertiary/aromatic N) is 2. The lowest BCUT2D eigenvalue weighted by molar-refractivity contribution is -0.140. The van der Waals surface area contributed by atoms with Gasteiger partial charge in [0.05, 0.1) is 20.6 Å². The second kappa shape index (κ2) is 13.9. The summed E-state index contributed by atoms with van der Waals surface area (Å²) in [6.07, 6.45) is 4.25. The largest absolute Gasteiger partial charge is 0.352 e. The Labute approximate surface area is 258 Å². The van der Waals surface area contributed by atoms with Crippen molar-refractivity contribution in [2.75, 3.05) is 10.8 Å². The Hall–Kier alpha value is -3.07. The molecule has 0 saturated heterocycles. The Kier molecular flexibility index (Phi) is 10.6. The summed E-state index contributed by atoms with van der Waals surface area (Å²) in [6.45, 7) is 5.09. The van der Waals surface area contributed by atoms with Crippen LogP contribution in [0.5, 0.6) is 0 Å². The number of benzene rings is 3. The molecule has 1 fully saturated rings. The molecule has 1 aliphatic carbocycles. The van der Waals surface area contributed by atoms with E-state index in [0.717, 1.165) is 35.6 Å². The van der Waals surface area contributed by atoms with Crippen LogP contribution in [0.25, 0.3) is 0 Å². The van der Waals surface area contributed by atoms with Crippen LogP contribution in [0.15, 0.2) is 71.6 Å². The summed E-state index contributed by atoms with van der Waals surface area (Å²) in [5, 5.41) is 3.82. The van der Waals surface area contributed by atoms with Crippen LogP contribution < -0.4 is 9.62 Å². The highest BCUT2D eigenvalue weighted by atomic mass is 35.5. The minimum Gasteiger partial charge on any atom is -0.352 e. The number of nitrogens with one attached hydrogen (secondary N) is 1.